The van der Waals surface area contributed by atoms with Gasteiger partial charge in [0.2, 0.25) is 5.88 Å². The van der Waals surface area contributed by atoms with Gasteiger partial charge in [-0.25, -0.2) is 4.98 Å². The Labute approximate surface area is 221 Å². The Morgan fingerprint density at radius 2 is 2.11 bits per heavy atom. The van der Waals surface area contributed by atoms with Gasteiger partial charge in [-0.2, -0.15) is 4.98 Å². The van der Waals surface area contributed by atoms with Crippen LogP contribution in [-0.4, -0.2) is 75.7 Å². The van der Waals surface area contributed by atoms with Gasteiger partial charge in [0, 0.05) is 43.4 Å². The molecule has 0 bridgehead atoms. The molecule has 1 saturated heterocycles. The predicted octanol–water partition coefficient (Wildman–Crippen LogP) is 4.84. The fraction of sp³-hybridized carbons (Fsp3) is 0.655. The highest BCUT2D eigenvalue weighted by atomic mass is 16.5. The maximum Gasteiger partial charge on any atom is 0.217 e. The van der Waals surface area contributed by atoms with E-state index < -0.39 is 5.41 Å². The maximum atomic E-state index is 12.9. The van der Waals surface area contributed by atoms with Gasteiger partial charge in [-0.15, -0.1) is 0 Å². The number of allylic oxidation sites excluding steroid dienone is 2. The van der Waals surface area contributed by atoms with Gasteiger partial charge in [0.1, 0.15) is 23.4 Å². The quantitative estimate of drug-likeness (QED) is 0.435. The van der Waals surface area contributed by atoms with Crippen molar-refractivity contribution in [2.45, 2.75) is 89.7 Å². The number of carbonyl (C=O) groups excluding carboxylic acids is 1. The molecule has 0 unspecified atom stereocenters. The molecule has 0 amide bonds. The van der Waals surface area contributed by atoms with Crippen LogP contribution >= 0.6 is 0 Å². The minimum absolute atomic E-state index is 0.0467. The van der Waals surface area contributed by atoms with Gasteiger partial charge in [0.05, 0.1) is 5.41 Å². The topological polar surface area (TPSA) is 103 Å². The zero-order chi connectivity index (χ0) is 26.6. The van der Waals surface area contributed by atoms with Crippen LogP contribution in [-0.2, 0) is 11.2 Å². The number of aliphatic hydroxyl groups is 1. The van der Waals surface area contributed by atoms with Crippen LogP contribution in [0.1, 0.15) is 82.7 Å². The van der Waals surface area contributed by atoms with Gasteiger partial charge in [0.25, 0.3) is 0 Å². The molecule has 0 aromatic carbocycles. The highest BCUT2D eigenvalue weighted by Crippen LogP contribution is 2.48. The number of carbonyl (C=O) groups is 1. The van der Waals surface area contributed by atoms with Gasteiger partial charge >= 0.3 is 0 Å². The molecule has 3 atom stereocenters. The van der Waals surface area contributed by atoms with E-state index in [0.717, 1.165) is 57.3 Å². The van der Waals surface area contributed by atoms with Crippen molar-refractivity contribution in [2.75, 3.05) is 27.2 Å². The Bertz CT molecular complexity index is 1050. The van der Waals surface area contributed by atoms with Crippen molar-refractivity contribution in [1.82, 2.24) is 19.8 Å². The lowest BCUT2D eigenvalue weighted by atomic mass is 9.64. The van der Waals surface area contributed by atoms with Crippen molar-refractivity contribution < 1.29 is 14.6 Å². The normalized spacial score (nSPS) is 25.4. The fourth-order valence-electron chi connectivity index (χ4n) is 6.25. The van der Waals surface area contributed by atoms with E-state index >= 15 is 0 Å². The first-order valence-electron chi connectivity index (χ1n) is 13.9. The summed E-state index contributed by atoms with van der Waals surface area (Å²) in [5.74, 6) is 0.923. The lowest BCUT2D eigenvalue weighted by Crippen LogP contribution is -2.39. The van der Waals surface area contributed by atoms with E-state index in [-0.39, 0.29) is 29.2 Å². The minimum Gasteiger partial charge on any atom is -0.511 e. The predicted molar refractivity (Wildman–Crippen MR) is 145 cm³/mol. The second kappa shape index (κ2) is 11.8. The summed E-state index contributed by atoms with van der Waals surface area (Å²) < 4.78 is 6.34. The molecule has 0 radical (unpaired) electrons. The third kappa shape index (κ3) is 5.89. The molecule has 1 spiro atoms. The molecule has 2 N–H and O–H groups in total. The smallest absolute Gasteiger partial charge is 0.217 e. The molecule has 2 fully saturated rings. The first-order chi connectivity index (χ1) is 17.7. The average molecular weight is 510 g/mol. The summed E-state index contributed by atoms with van der Waals surface area (Å²) in [6.07, 6.45) is 10.5. The number of hydrogen-bond donors (Lipinski definition) is 2. The number of aliphatic hydroxyl groups excluding tert-OH is 1. The number of aryl methyl sites for hydroxylation is 1. The lowest BCUT2D eigenvalue weighted by molar-refractivity contribution is -0.131. The highest BCUT2D eigenvalue weighted by molar-refractivity contribution is 6.09. The van der Waals surface area contributed by atoms with Crippen LogP contribution in [0, 0.1) is 10.8 Å². The molecular formula is C29H43N5O3. The Hall–Kier alpha value is -2.74. The molecule has 1 aromatic heterocycles. The largest absolute Gasteiger partial charge is 0.511 e. The van der Waals surface area contributed by atoms with E-state index in [1.807, 2.05) is 18.0 Å². The molecule has 202 valence electrons. The van der Waals surface area contributed by atoms with E-state index in [2.05, 4.69) is 30.4 Å². The summed E-state index contributed by atoms with van der Waals surface area (Å²) in [4.78, 5) is 26.7. The van der Waals surface area contributed by atoms with Gasteiger partial charge in [-0.1, -0.05) is 13.0 Å². The molecule has 2 heterocycles. The van der Waals surface area contributed by atoms with Crippen LogP contribution in [0.5, 0.6) is 5.88 Å². The molecule has 3 aliphatic rings. The summed E-state index contributed by atoms with van der Waals surface area (Å²) in [5, 5.41) is 20.4. The van der Waals surface area contributed by atoms with Crippen molar-refractivity contribution in [3.8, 4) is 5.88 Å². The molecule has 8 nitrogen and oxygen atoms in total. The first kappa shape index (κ1) is 27.3. The van der Waals surface area contributed by atoms with Crippen LogP contribution in [0.3, 0.4) is 0 Å². The Balaban J connectivity index is 1.63. The minimum atomic E-state index is -0.827. The number of hydrogen-bond acceptors (Lipinski definition) is 8. The zero-order valence-corrected chi connectivity index (χ0v) is 22.8. The molecule has 8 heteroatoms. The summed E-state index contributed by atoms with van der Waals surface area (Å²) in [5.41, 5.74) is 0.606. The van der Waals surface area contributed by atoms with Crippen molar-refractivity contribution >= 4 is 11.5 Å². The number of nitrogens with zero attached hydrogens (tertiary/aromatic N) is 4. The molecule has 1 saturated carbocycles. The van der Waals surface area contributed by atoms with Gasteiger partial charge in [-0.3, -0.25) is 15.1 Å². The Morgan fingerprint density at radius 3 is 2.81 bits per heavy atom. The van der Waals surface area contributed by atoms with Gasteiger partial charge in [0.15, 0.2) is 5.82 Å². The Kier molecular flexibility index (Phi) is 8.67. The number of likely N-dealkylation sites (N-methyl/N-ethyl adjacent to an activating group) is 1. The fourth-order valence-corrected chi connectivity index (χ4v) is 6.25. The van der Waals surface area contributed by atoms with Crippen LogP contribution in [0.25, 0.3) is 0 Å². The van der Waals surface area contributed by atoms with E-state index in [9.17, 15) is 9.90 Å². The van der Waals surface area contributed by atoms with Crippen LogP contribution in [0.2, 0.25) is 0 Å². The van der Waals surface area contributed by atoms with Crippen LogP contribution in [0.4, 0.5) is 0 Å². The SMILES string of the molecule is C=CN(C)CCCc1cc(O[C@@H](C)[C@@H]2CCCN2C)nc(C(=N)C2=C(O)[C@]3(CCCCC3=O)CCC2)n1. The zero-order valence-electron chi connectivity index (χ0n) is 22.8. The van der Waals surface area contributed by atoms with Crippen molar-refractivity contribution in [3.05, 3.63) is 41.7 Å². The summed E-state index contributed by atoms with van der Waals surface area (Å²) >= 11 is 0. The molecular weight excluding hydrogens is 466 g/mol. The Morgan fingerprint density at radius 1 is 1.32 bits per heavy atom. The molecule has 1 aromatic rings. The number of ether oxygens (including phenoxy) is 1. The standard InChI is InChI=1S/C29H43N5O3/c1-5-33(3)17-9-11-21-19-25(37-20(2)23-13-10-18-34(23)4)32-28(31-21)26(30)22-12-8-16-29(27(22)36)15-7-6-14-24(29)35/h5,19-20,23,30,36H,1,6-18H2,2-4H3/t20-,23-,29+/m0/s1. The average Bonchev–Trinajstić information content (AvgIpc) is 3.32. The monoisotopic (exact) mass is 509 g/mol. The highest BCUT2D eigenvalue weighted by Gasteiger charge is 2.47. The van der Waals surface area contributed by atoms with E-state index in [1.165, 1.54) is 0 Å². The van der Waals surface area contributed by atoms with Gasteiger partial charge < -0.3 is 14.7 Å². The lowest BCUT2D eigenvalue weighted by Gasteiger charge is -2.39. The second-order valence-corrected chi connectivity index (χ2v) is 11.1. The number of ketones is 1. The van der Waals surface area contributed by atoms with Crippen molar-refractivity contribution in [2.24, 2.45) is 5.41 Å². The summed E-state index contributed by atoms with van der Waals surface area (Å²) in [7, 11) is 4.12. The number of aromatic nitrogens is 2. The van der Waals surface area contributed by atoms with E-state index in [0.29, 0.717) is 49.6 Å². The summed E-state index contributed by atoms with van der Waals surface area (Å²) in [6, 6.07) is 2.21. The van der Waals surface area contributed by atoms with E-state index in [4.69, 9.17) is 15.1 Å². The third-order valence-corrected chi connectivity index (χ3v) is 8.52. The van der Waals surface area contributed by atoms with Gasteiger partial charge in [-0.05, 0) is 84.5 Å². The molecule has 2 aliphatic carbocycles. The number of likely N-dealkylation sites (tertiary alicyclic amines) is 1. The number of Topliss-reactive ketones (excluding diaryl/α,β-unsaturated/α-hetero) is 1. The molecule has 37 heavy (non-hydrogen) atoms. The second-order valence-electron chi connectivity index (χ2n) is 11.1. The van der Waals surface area contributed by atoms with Crippen molar-refractivity contribution in [3.63, 3.8) is 0 Å². The maximum absolute atomic E-state index is 12.9. The van der Waals surface area contributed by atoms with Crippen LogP contribution < -0.4 is 4.74 Å². The van der Waals surface area contributed by atoms with Crippen molar-refractivity contribution in [1.29, 1.82) is 5.41 Å². The van der Waals surface area contributed by atoms with E-state index in [1.54, 1.807) is 6.20 Å². The molecule has 1 aliphatic heterocycles. The number of nitrogens with one attached hydrogen (secondary N) is 1. The van der Waals surface area contributed by atoms with Crippen LogP contribution in [0.15, 0.2) is 30.2 Å². The third-order valence-electron chi connectivity index (χ3n) is 8.52. The first-order valence-corrected chi connectivity index (χ1v) is 13.9. The number of rotatable bonds is 10. The summed E-state index contributed by atoms with van der Waals surface area (Å²) in [6.45, 7) is 7.79. The molecule has 4 rings (SSSR count).